The molecule has 1 aromatic carbocycles. The number of hydrogen-bond donors (Lipinski definition) is 3. The van der Waals surface area contributed by atoms with Gasteiger partial charge in [-0.3, -0.25) is 9.59 Å². The highest BCUT2D eigenvalue weighted by molar-refractivity contribution is 5.96. The van der Waals surface area contributed by atoms with E-state index in [0.29, 0.717) is 17.3 Å². The maximum Gasteiger partial charge on any atom is 0.251 e. The summed E-state index contributed by atoms with van der Waals surface area (Å²) in [6.45, 7) is 6.79. The maximum absolute atomic E-state index is 12.3. The summed E-state index contributed by atoms with van der Waals surface area (Å²) in [6, 6.07) is 7.47. The molecule has 22 heavy (non-hydrogen) atoms. The van der Waals surface area contributed by atoms with Gasteiger partial charge >= 0.3 is 0 Å². The number of rotatable bonds is 4. The smallest absolute Gasteiger partial charge is 0.251 e. The molecule has 1 aliphatic rings. The number of piperidine rings is 1. The van der Waals surface area contributed by atoms with Crippen LogP contribution in [0.15, 0.2) is 24.3 Å². The Balaban J connectivity index is 1.94. The molecule has 2 rings (SSSR count). The molecule has 1 fully saturated rings. The van der Waals surface area contributed by atoms with Gasteiger partial charge in [0.25, 0.3) is 5.91 Å². The maximum atomic E-state index is 12.3. The van der Waals surface area contributed by atoms with Crippen molar-refractivity contribution >= 4 is 17.5 Å². The zero-order chi connectivity index (χ0) is 16.1. The van der Waals surface area contributed by atoms with Crippen LogP contribution < -0.4 is 16.0 Å². The van der Waals surface area contributed by atoms with Gasteiger partial charge in [-0.2, -0.15) is 0 Å². The van der Waals surface area contributed by atoms with Gasteiger partial charge in [-0.25, -0.2) is 0 Å². The van der Waals surface area contributed by atoms with E-state index in [4.69, 9.17) is 0 Å². The van der Waals surface area contributed by atoms with Crippen molar-refractivity contribution in [3.8, 4) is 0 Å². The Morgan fingerprint density at radius 1 is 1.23 bits per heavy atom. The van der Waals surface area contributed by atoms with Crippen molar-refractivity contribution in [2.24, 2.45) is 5.92 Å². The minimum Gasteiger partial charge on any atom is -0.348 e. The van der Waals surface area contributed by atoms with Gasteiger partial charge in [-0.15, -0.1) is 0 Å². The minimum absolute atomic E-state index is 0.0284. The number of hydrogen-bond acceptors (Lipinski definition) is 3. The fraction of sp³-hybridized carbons (Fsp3) is 0.529. The van der Waals surface area contributed by atoms with Gasteiger partial charge in [0.15, 0.2) is 0 Å². The second kappa shape index (κ2) is 7.40. The van der Waals surface area contributed by atoms with E-state index in [2.05, 4.69) is 22.9 Å². The number of benzene rings is 1. The average molecular weight is 303 g/mol. The Hall–Kier alpha value is -1.88. The third-order valence-electron chi connectivity index (χ3n) is 4.02. The number of carbonyl (C=O) groups is 2. The van der Waals surface area contributed by atoms with Gasteiger partial charge < -0.3 is 16.0 Å². The summed E-state index contributed by atoms with van der Waals surface area (Å²) >= 11 is 0. The molecule has 2 amide bonds. The molecule has 1 aliphatic heterocycles. The van der Waals surface area contributed by atoms with E-state index in [1.165, 1.54) is 0 Å². The van der Waals surface area contributed by atoms with E-state index in [9.17, 15) is 9.59 Å². The van der Waals surface area contributed by atoms with Crippen molar-refractivity contribution in [2.45, 2.75) is 45.7 Å². The molecule has 2 unspecified atom stereocenters. The summed E-state index contributed by atoms with van der Waals surface area (Å²) in [6.07, 6.45) is 2.08. The Labute approximate surface area is 131 Å². The zero-order valence-corrected chi connectivity index (χ0v) is 13.5. The van der Waals surface area contributed by atoms with Gasteiger partial charge in [0, 0.05) is 29.3 Å². The number of nitrogens with one attached hydrogen (secondary N) is 3. The lowest BCUT2D eigenvalue weighted by atomic mass is 9.99. The lowest BCUT2D eigenvalue weighted by Crippen LogP contribution is -2.51. The summed E-state index contributed by atoms with van der Waals surface area (Å²) in [7, 11) is 0. The number of anilines is 1. The highest BCUT2D eigenvalue weighted by Gasteiger charge is 2.22. The van der Waals surface area contributed by atoms with Crippen molar-refractivity contribution in [3.63, 3.8) is 0 Å². The largest absolute Gasteiger partial charge is 0.348 e. The number of amides is 2. The van der Waals surface area contributed by atoms with Crippen LogP contribution in [0.5, 0.6) is 0 Å². The first-order chi connectivity index (χ1) is 10.5. The van der Waals surface area contributed by atoms with Crippen LogP contribution in [0.1, 0.15) is 44.0 Å². The topological polar surface area (TPSA) is 70.2 Å². The minimum atomic E-state index is -0.0673. The lowest BCUT2D eigenvalue weighted by Gasteiger charge is -2.30. The van der Waals surface area contributed by atoms with E-state index in [1.54, 1.807) is 24.3 Å². The predicted molar refractivity (Wildman–Crippen MR) is 87.9 cm³/mol. The van der Waals surface area contributed by atoms with Crippen molar-refractivity contribution in [1.82, 2.24) is 10.6 Å². The first-order valence-electron chi connectivity index (χ1n) is 7.92. The summed E-state index contributed by atoms with van der Waals surface area (Å²) in [5.74, 6) is -0.162. The van der Waals surface area contributed by atoms with E-state index < -0.39 is 0 Å². The van der Waals surface area contributed by atoms with Crippen LogP contribution in [0.2, 0.25) is 0 Å². The first-order valence-corrected chi connectivity index (χ1v) is 7.92. The molecule has 0 saturated carbocycles. The Morgan fingerprint density at radius 2 is 1.91 bits per heavy atom. The highest BCUT2D eigenvalue weighted by Crippen LogP contribution is 2.13. The second-order valence-corrected chi connectivity index (χ2v) is 6.19. The first kappa shape index (κ1) is 16.5. The highest BCUT2D eigenvalue weighted by atomic mass is 16.2. The fourth-order valence-corrected chi connectivity index (χ4v) is 2.48. The van der Waals surface area contributed by atoms with Gasteiger partial charge in [-0.05, 0) is 50.6 Å². The average Bonchev–Trinajstić information content (AvgIpc) is 2.50. The summed E-state index contributed by atoms with van der Waals surface area (Å²) in [5.41, 5.74) is 1.32. The van der Waals surface area contributed by atoms with Crippen LogP contribution in [-0.2, 0) is 4.79 Å². The van der Waals surface area contributed by atoms with Gasteiger partial charge in [0.2, 0.25) is 5.91 Å². The SMILES string of the molecule is CC(C)C(=O)Nc1ccc(C(=O)NC2CCCNC2C)cc1. The molecule has 3 N–H and O–H groups in total. The fourth-order valence-electron chi connectivity index (χ4n) is 2.48. The van der Waals surface area contributed by atoms with E-state index in [1.807, 2.05) is 13.8 Å². The van der Waals surface area contributed by atoms with Crippen LogP contribution in [-0.4, -0.2) is 30.4 Å². The zero-order valence-electron chi connectivity index (χ0n) is 13.5. The third-order valence-corrected chi connectivity index (χ3v) is 4.02. The molecule has 120 valence electrons. The molecule has 1 heterocycles. The molecule has 0 radical (unpaired) electrons. The van der Waals surface area contributed by atoms with E-state index in [0.717, 1.165) is 19.4 Å². The van der Waals surface area contributed by atoms with Crippen molar-refractivity contribution < 1.29 is 9.59 Å². The van der Waals surface area contributed by atoms with Crippen LogP contribution in [0.4, 0.5) is 5.69 Å². The standard InChI is InChI=1S/C17H25N3O2/c1-11(2)16(21)19-14-8-6-13(7-9-14)17(22)20-15-5-4-10-18-12(15)3/h6-9,11-12,15,18H,4-5,10H2,1-3H3,(H,19,21)(H,20,22). The molecular weight excluding hydrogens is 278 g/mol. The Bertz CT molecular complexity index is 525. The van der Waals surface area contributed by atoms with Crippen molar-refractivity contribution in [2.75, 3.05) is 11.9 Å². The molecule has 0 spiro atoms. The van der Waals surface area contributed by atoms with E-state index in [-0.39, 0.29) is 23.8 Å². The molecule has 0 aromatic heterocycles. The Kier molecular flexibility index (Phi) is 5.55. The predicted octanol–water partition coefficient (Wildman–Crippen LogP) is 2.15. The molecule has 5 heteroatoms. The molecule has 0 aliphatic carbocycles. The molecule has 1 saturated heterocycles. The van der Waals surface area contributed by atoms with E-state index >= 15 is 0 Å². The lowest BCUT2D eigenvalue weighted by molar-refractivity contribution is -0.118. The molecule has 0 bridgehead atoms. The molecular formula is C17H25N3O2. The van der Waals surface area contributed by atoms with Crippen molar-refractivity contribution in [3.05, 3.63) is 29.8 Å². The monoisotopic (exact) mass is 303 g/mol. The van der Waals surface area contributed by atoms with Crippen molar-refractivity contribution in [1.29, 1.82) is 0 Å². The second-order valence-electron chi connectivity index (χ2n) is 6.19. The quantitative estimate of drug-likeness (QED) is 0.798. The molecule has 1 aromatic rings. The molecule has 2 atom stereocenters. The number of carbonyl (C=O) groups excluding carboxylic acids is 2. The summed E-state index contributed by atoms with van der Waals surface area (Å²) < 4.78 is 0. The van der Waals surface area contributed by atoms with Crippen LogP contribution in [0.25, 0.3) is 0 Å². The Morgan fingerprint density at radius 3 is 2.50 bits per heavy atom. The van der Waals surface area contributed by atoms with Crippen LogP contribution in [0, 0.1) is 5.92 Å². The molecule has 5 nitrogen and oxygen atoms in total. The van der Waals surface area contributed by atoms with Gasteiger partial charge in [0.05, 0.1) is 0 Å². The van der Waals surface area contributed by atoms with Gasteiger partial charge in [-0.1, -0.05) is 13.8 Å². The van der Waals surface area contributed by atoms with Crippen LogP contribution >= 0.6 is 0 Å². The van der Waals surface area contributed by atoms with Gasteiger partial charge in [0.1, 0.15) is 0 Å². The normalized spacial score (nSPS) is 21.5. The summed E-state index contributed by atoms with van der Waals surface area (Å²) in [5, 5.41) is 9.26. The van der Waals surface area contributed by atoms with Crippen LogP contribution in [0.3, 0.4) is 0 Å². The third kappa shape index (κ3) is 4.31. The summed E-state index contributed by atoms with van der Waals surface area (Å²) in [4.78, 5) is 23.9.